The number of fused-ring (bicyclic) bond motifs is 1. The number of benzene rings is 2. The maximum Gasteiger partial charge on any atom is 0.277 e. The summed E-state index contributed by atoms with van der Waals surface area (Å²) in [5, 5.41) is 8.89. The number of thioether (sulfide) groups is 1. The molecule has 1 amide bonds. The van der Waals surface area contributed by atoms with Gasteiger partial charge >= 0.3 is 0 Å². The number of amides is 1. The molecule has 1 saturated carbocycles. The van der Waals surface area contributed by atoms with Crippen molar-refractivity contribution in [1.29, 1.82) is 0 Å². The highest BCUT2D eigenvalue weighted by Gasteiger charge is 2.33. The zero-order valence-corrected chi connectivity index (χ0v) is 18.1. The minimum atomic E-state index is -0.176. The third-order valence-electron chi connectivity index (χ3n) is 5.98. The lowest BCUT2D eigenvalue weighted by atomic mass is 9.89. The SMILES string of the molecule is O=C(CSc1nnc(C2CCCCC2)o1)N1c2ccccc2OC[C@H]1c1ccccc1. The number of ether oxygens (including phenoxy) is 1. The topological polar surface area (TPSA) is 68.5 Å². The second-order valence-corrected chi connectivity index (χ2v) is 8.93. The monoisotopic (exact) mass is 435 g/mol. The Balaban J connectivity index is 1.33. The van der Waals surface area contributed by atoms with Crippen LogP contribution in [-0.4, -0.2) is 28.5 Å². The molecule has 2 heterocycles. The first-order valence-corrected chi connectivity index (χ1v) is 11.8. The first-order chi connectivity index (χ1) is 15.3. The smallest absolute Gasteiger partial charge is 0.277 e. The van der Waals surface area contributed by atoms with Crippen molar-refractivity contribution in [2.24, 2.45) is 0 Å². The van der Waals surface area contributed by atoms with Gasteiger partial charge in [-0.3, -0.25) is 9.69 Å². The number of carbonyl (C=O) groups excluding carboxylic acids is 1. The van der Waals surface area contributed by atoms with Crippen molar-refractivity contribution < 1.29 is 13.9 Å². The lowest BCUT2D eigenvalue weighted by Crippen LogP contribution is -2.42. The molecule has 0 unspecified atom stereocenters. The molecule has 31 heavy (non-hydrogen) atoms. The summed E-state index contributed by atoms with van der Waals surface area (Å²) in [5.41, 5.74) is 1.84. The highest BCUT2D eigenvalue weighted by Crippen LogP contribution is 2.40. The van der Waals surface area contributed by atoms with Gasteiger partial charge in [-0.1, -0.05) is 73.5 Å². The van der Waals surface area contributed by atoms with Gasteiger partial charge in [0.25, 0.3) is 5.22 Å². The van der Waals surface area contributed by atoms with Crippen LogP contribution in [-0.2, 0) is 4.79 Å². The van der Waals surface area contributed by atoms with Gasteiger partial charge in [-0.25, -0.2) is 0 Å². The van der Waals surface area contributed by atoms with E-state index < -0.39 is 0 Å². The fourth-order valence-electron chi connectivity index (χ4n) is 4.40. The number of nitrogens with zero attached hydrogens (tertiary/aromatic N) is 3. The van der Waals surface area contributed by atoms with Crippen molar-refractivity contribution in [3.8, 4) is 5.75 Å². The van der Waals surface area contributed by atoms with Gasteiger partial charge in [-0.05, 0) is 30.5 Å². The van der Waals surface area contributed by atoms with E-state index in [1.165, 1.54) is 31.0 Å². The van der Waals surface area contributed by atoms with Gasteiger partial charge in [0.15, 0.2) is 0 Å². The maximum absolute atomic E-state index is 13.4. The number of anilines is 1. The van der Waals surface area contributed by atoms with Gasteiger partial charge in [0, 0.05) is 5.92 Å². The Hall–Kier alpha value is -2.80. The van der Waals surface area contributed by atoms with Gasteiger partial charge in [-0.2, -0.15) is 0 Å². The van der Waals surface area contributed by atoms with Crippen molar-refractivity contribution in [3.05, 3.63) is 66.1 Å². The molecular weight excluding hydrogens is 410 g/mol. The third-order valence-corrected chi connectivity index (χ3v) is 6.79. The molecular formula is C24H25N3O3S. The fourth-order valence-corrected chi connectivity index (χ4v) is 5.03. The van der Waals surface area contributed by atoms with Crippen LogP contribution in [0.3, 0.4) is 0 Å². The molecule has 0 N–H and O–H groups in total. The Bertz CT molecular complexity index is 1030. The van der Waals surface area contributed by atoms with Crippen molar-refractivity contribution in [1.82, 2.24) is 10.2 Å². The van der Waals surface area contributed by atoms with E-state index in [-0.39, 0.29) is 17.7 Å². The van der Waals surface area contributed by atoms with Crippen LogP contribution in [0.4, 0.5) is 5.69 Å². The van der Waals surface area contributed by atoms with Crippen molar-refractivity contribution >= 4 is 23.4 Å². The molecule has 0 spiro atoms. The predicted molar refractivity (Wildman–Crippen MR) is 119 cm³/mol. The van der Waals surface area contributed by atoms with Crippen LogP contribution in [0.1, 0.15) is 55.5 Å². The molecule has 0 saturated heterocycles. The van der Waals surface area contributed by atoms with E-state index in [1.54, 1.807) is 0 Å². The summed E-state index contributed by atoms with van der Waals surface area (Å²) in [7, 11) is 0. The number of carbonyl (C=O) groups is 1. The summed E-state index contributed by atoms with van der Waals surface area (Å²) in [4.78, 5) is 15.2. The second-order valence-electron chi connectivity index (χ2n) is 8.00. The van der Waals surface area contributed by atoms with E-state index in [1.807, 2.05) is 59.5 Å². The Morgan fingerprint density at radius 1 is 1.00 bits per heavy atom. The van der Waals surface area contributed by atoms with Crippen molar-refractivity contribution in [2.45, 2.75) is 49.3 Å². The number of hydrogen-bond donors (Lipinski definition) is 0. The van der Waals surface area contributed by atoms with Gasteiger partial charge in [0.1, 0.15) is 12.4 Å². The van der Waals surface area contributed by atoms with Gasteiger partial charge in [0.2, 0.25) is 11.8 Å². The lowest BCUT2D eigenvalue weighted by molar-refractivity contribution is -0.117. The fraction of sp³-hybridized carbons (Fsp3) is 0.375. The largest absolute Gasteiger partial charge is 0.489 e. The maximum atomic E-state index is 13.4. The average Bonchev–Trinajstić information content (AvgIpc) is 3.32. The molecule has 0 bridgehead atoms. The summed E-state index contributed by atoms with van der Waals surface area (Å²) >= 11 is 1.31. The number of hydrogen-bond acceptors (Lipinski definition) is 6. The standard InChI is InChI=1S/C24H25N3O3S/c28-22(16-31-24-26-25-23(30-24)18-11-5-2-6-12-18)27-19-13-7-8-14-21(19)29-15-20(27)17-9-3-1-4-10-17/h1,3-4,7-10,13-14,18,20H,2,5-6,11-12,15-16H2/t20-/m0/s1. The normalized spacial score (nSPS) is 19.0. The summed E-state index contributed by atoms with van der Waals surface area (Å²) < 4.78 is 11.8. The van der Waals surface area contributed by atoms with E-state index in [4.69, 9.17) is 9.15 Å². The Morgan fingerprint density at radius 3 is 2.61 bits per heavy atom. The van der Waals surface area contributed by atoms with Crippen LogP contribution >= 0.6 is 11.8 Å². The molecule has 3 aromatic rings. The first kappa shape index (κ1) is 20.1. The van der Waals surface area contributed by atoms with Crippen LogP contribution in [0.2, 0.25) is 0 Å². The molecule has 1 aliphatic carbocycles. The molecule has 1 fully saturated rings. The number of rotatable bonds is 5. The van der Waals surface area contributed by atoms with E-state index in [0.717, 1.165) is 29.8 Å². The third kappa shape index (κ3) is 4.32. The van der Waals surface area contributed by atoms with Crippen LogP contribution in [0.15, 0.2) is 64.2 Å². The predicted octanol–water partition coefficient (Wildman–Crippen LogP) is 5.38. The molecule has 7 heteroatoms. The average molecular weight is 436 g/mol. The zero-order valence-electron chi connectivity index (χ0n) is 17.3. The Kier molecular flexibility index (Phi) is 5.93. The number of aromatic nitrogens is 2. The minimum Gasteiger partial charge on any atom is -0.489 e. The van der Waals surface area contributed by atoms with Crippen LogP contribution in [0.5, 0.6) is 5.75 Å². The molecule has 0 radical (unpaired) electrons. The van der Waals surface area contributed by atoms with Crippen LogP contribution in [0, 0.1) is 0 Å². The molecule has 1 atom stereocenters. The molecule has 1 aromatic heterocycles. The van der Waals surface area contributed by atoms with Crippen LogP contribution < -0.4 is 9.64 Å². The van der Waals surface area contributed by atoms with E-state index >= 15 is 0 Å². The molecule has 2 aliphatic rings. The summed E-state index contributed by atoms with van der Waals surface area (Å²) in [6, 6.07) is 17.5. The molecule has 1 aliphatic heterocycles. The highest BCUT2D eigenvalue weighted by atomic mass is 32.2. The summed E-state index contributed by atoms with van der Waals surface area (Å²) in [6.07, 6.45) is 5.92. The Morgan fingerprint density at radius 2 is 1.77 bits per heavy atom. The molecule has 6 nitrogen and oxygen atoms in total. The lowest BCUT2D eigenvalue weighted by Gasteiger charge is -2.37. The van der Waals surface area contributed by atoms with Crippen molar-refractivity contribution in [2.75, 3.05) is 17.3 Å². The van der Waals surface area contributed by atoms with Crippen molar-refractivity contribution in [3.63, 3.8) is 0 Å². The molecule has 160 valence electrons. The summed E-state index contributed by atoms with van der Waals surface area (Å²) in [6.45, 7) is 0.420. The Labute approximate surface area is 186 Å². The molecule has 2 aromatic carbocycles. The molecule has 5 rings (SSSR count). The number of para-hydroxylation sites is 2. The van der Waals surface area contributed by atoms with E-state index in [9.17, 15) is 4.79 Å². The summed E-state index contributed by atoms with van der Waals surface area (Å²) in [5.74, 6) is 2.02. The van der Waals surface area contributed by atoms with Gasteiger partial charge in [0.05, 0.1) is 17.5 Å². The second kappa shape index (κ2) is 9.14. The minimum absolute atomic E-state index is 0.00739. The quantitative estimate of drug-likeness (QED) is 0.502. The first-order valence-electron chi connectivity index (χ1n) is 10.8. The van der Waals surface area contributed by atoms with Gasteiger partial charge in [-0.15, -0.1) is 10.2 Å². The van der Waals surface area contributed by atoms with Crippen LogP contribution in [0.25, 0.3) is 0 Å². The highest BCUT2D eigenvalue weighted by molar-refractivity contribution is 7.99. The van der Waals surface area contributed by atoms with Gasteiger partial charge < -0.3 is 9.15 Å². The van der Waals surface area contributed by atoms with E-state index in [2.05, 4.69) is 10.2 Å². The van der Waals surface area contributed by atoms with E-state index in [0.29, 0.717) is 23.6 Å². The zero-order chi connectivity index (χ0) is 21.0.